The van der Waals surface area contributed by atoms with Gasteiger partial charge < -0.3 is 11.1 Å². The molecule has 1 unspecified atom stereocenters. The van der Waals surface area contributed by atoms with E-state index in [0.29, 0.717) is 12.5 Å². The highest BCUT2D eigenvalue weighted by Gasteiger charge is 2.03. The number of unbranched alkanes of at least 4 members (excludes halogenated alkanes) is 1. The molecular formula is C12H19N3O. The number of pyridine rings is 1. The summed E-state index contributed by atoms with van der Waals surface area (Å²) in [6, 6.07) is 4.32. The third-order valence-corrected chi connectivity index (χ3v) is 2.51. The van der Waals surface area contributed by atoms with Gasteiger partial charge in [0.05, 0.1) is 0 Å². The summed E-state index contributed by atoms with van der Waals surface area (Å²) in [4.78, 5) is 14.5. The molecule has 4 heteroatoms. The number of hydrogen-bond acceptors (Lipinski definition) is 3. The predicted molar refractivity (Wildman–Crippen MR) is 63.7 cm³/mol. The Labute approximate surface area is 96.3 Å². The first-order valence-electron chi connectivity index (χ1n) is 5.62. The predicted octanol–water partition coefficient (Wildman–Crippen LogP) is 1.39. The minimum absolute atomic E-state index is 0.220. The standard InChI is InChI=1S/C12H19N3O/c1-10(11-5-8-14-9-6-11)15-7-3-2-4-12(13)16/h5-6,8-10,15H,2-4,7H2,1H3,(H2,13,16). The van der Waals surface area contributed by atoms with E-state index < -0.39 is 0 Å². The maximum atomic E-state index is 10.5. The fourth-order valence-electron chi connectivity index (χ4n) is 1.51. The van der Waals surface area contributed by atoms with Crippen LogP contribution < -0.4 is 11.1 Å². The van der Waals surface area contributed by atoms with Gasteiger partial charge >= 0.3 is 0 Å². The molecule has 0 fully saturated rings. The van der Waals surface area contributed by atoms with E-state index in [9.17, 15) is 4.79 Å². The van der Waals surface area contributed by atoms with Gasteiger partial charge in [0, 0.05) is 24.9 Å². The van der Waals surface area contributed by atoms with Gasteiger partial charge in [-0.25, -0.2) is 0 Å². The van der Waals surface area contributed by atoms with E-state index in [1.165, 1.54) is 5.56 Å². The molecule has 0 radical (unpaired) electrons. The van der Waals surface area contributed by atoms with E-state index in [4.69, 9.17) is 5.73 Å². The number of primary amides is 1. The second-order valence-corrected chi connectivity index (χ2v) is 3.88. The summed E-state index contributed by atoms with van der Waals surface area (Å²) >= 11 is 0. The van der Waals surface area contributed by atoms with Crippen molar-refractivity contribution in [1.29, 1.82) is 0 Å². The molecule has 0 saturated carbocycles. The number of carbonyl (C=O) groups excluding carboxylic acids is 1. The number of nitrogens with one attached hydrogen (secondary N) is 1. The zero-order chi connectivity index (χ0) is 11.8. The van der Waals surface area contributed by atoms with Crippen molar-refractivity contribution in [2.24, 2.45) is 5.73 Å². The van der Waals surface area contributed by atoms with Gasteiger partial charge in [0.1, 0.15) is 0 Å². The summed E-state index contributed by atoms with van der Waals surface area (Å²) in [6.07, 6.45) is 5.89. The Kier molecular flexibility index (Phi) is 5.50. The third-order valence-electron chi connectivity index (χ3n) is 2.51. The highest BCUT2D eigenvalue weighted by molar-refractivity contribution is 5.73. The minimum Gasteiger partial charge on any atom is -0.370 e. The highest BCUT2D eigenvalue weighted by atomic mass is 16.1. The summed E-state index contributed by atoms with van der Waals surface area (Å²) < 4.78 is 0. The SMILES string of the molecule is CC(NCCCCC(N)=O)c1ccncc1. The molecule has 0 aliphatic carbocycles. The van der Waals surface area contributed by atoms with E-state index in [2.05, 4.69) is 17.2 Å². The number of nitrogens with two attached hydrogens (primary N) is 1. The smallest absolute Gasteiger partial charge is 0.217 e. The van der Waals surface area contributed by atoms with E-state index in [0.717, 1.165) is 19.4 Å². The average Bonchev–Trinajstić information content (AvgIpc) is 2.29. The van der Waals surface area contributed by atoms with Crippen LogP contribution in [0.3, 0.4) is 0 Å². The third kappa shape index (κ3) is 4.89. The van der Waals surface area contributed by atoms with Crippen molar-refractivity contribution < 1.29 is 4.79 Å². The van der Waals surface area contributed by atoms with Gasteiger partial charge in [-0.3, -0.25) is 9.78 Å². The highest BCUT2D eigenvalue weighted by Crippen LogP contribution is 2.09. The van der Waals surface area contributed by atoms with Crippen molar-refractivity contribution in [2.45, 2.75) is 32.2 Å². The van der Waals surface area contributed by atoms with Gasteiger partial charge in [0.2, 0.25) is 5.91 Å². The van der Waals surface area contributed by atoms with Crippen molar-refractivity contribution in [2.75, 3.05) is 6.54 Å². The first kappa shape index (κ1) is 12.6. The summed E-state index contributed by atoms with van der Waals surface area (Å²) in [5.74, 6) is -0.220. The molecule has 0 aromatic carbocycles. The lowest BCUT2D eigenvalue weighted by Crippen LogP contribution is -2.20. The maximum Gasteiger partial charge on any atom is 0.217 e. The summed E-state index contributed by atoms with van der Waals surface area (Å²) in [5, 5.41) is 3.39. The van der Waals surface area contributed by atoms with Gasteiger partial charge in [-0.05, 0) is 44.0 Å². The molecule has 16 heavy (non-hydrogen) atoms. The molecule has 0 aliphatic heterocycles. The van der Waals surface area contributed by atoms with Crippen LogP contribution >= 0.6 is 0 Å². The monoisotopic (exact) mass is 221 g/mol. The van der Waals surface area contributed by atoms with Crippen LogP contribution in [-0.4, -0.2) is 17.4 Å². The topological polar surface area (TPSA) is 68.0 Å². The van der Waals surface area contributed by atoms with Crippen LogP contribution in [0.2, 0.25) is 0 Å². The largest absolute Gasteiger partial charge is 0.370 e. The van der Waals surface area contributed by atoms with Crippen LogP contribution in [-0.2, 0) is 4.79 Å². The number of nitrogens with zero attached hydrogens (tertiary/aromatic N) is 1. The van der Waals surface area contributed by atoms with Crippen LogP contribution in [0.4, 0.5) is 0 Å². The van der Waals surface area contributed by atoms with Crippen molar-refractivity contribution >= 4 is 5.91 Å². The Morgan fingerprint density at radius 3 is 2.75 bits per heavy atom. The van der Waals surface area contributed by atoms with Gasteiger partial charge in [-0.1, -0.05) is 0 Å². The molecule has 0 spiro atoms. The number of amides is 1. The molecule has 0 bridgehead atoms. The molecule has 1 heterocycles. The molecule has 1 rings (SSSR count). The fraction of sp³-hybridized carbons (Fsp3) is 0.500. The van der Waals surface area contributed by atoms with Gasteiger partial charge in [-0.15, -0.1) is 0 Å². The van der Waals surface area contributed by atoms with E-state index in [1.54, 1.807) is 12.4 Å². The Morgan fingerprint density at radius 2 is 2.12 bits per heavy atom. The van der Waals surface area contributed by atoms with Crippen molar-refractivity contribution in [1.82, 2.24) is 10.3 Å². The fourth-order valence-corrected chi connectivity index (χ4v) is 1.51. The normalized spacial score (nSPS) is 12.3. The minimum atomic E-state index is -0.220. The number of rotatable bonds is 7. The average molecular weight is 221 g/mol. The Balaban J connectivity index is 2.16. The van der Waals surface area contributed by atoms with Gasteiger partial charge in [-0.2, -0.15) is 0 Å². The maximum absolute atomic E-state index is 10.5. The molecule has 0 aliphatic rings. The van der Waals surface area contributed by atoms with Crippen LogP contribution in [0.1, 0.15) is 37.8 Å². The summed E-state index contributed by atoms with van der Waals surface area (Å²) in [5.41, 5.74) is 6.29. The number of aromatic nitrogens is 1. The summed E-state index contributed by atoms with van der Waals surface area (Å²) in [6.45, 7) is 3.01. The molecule has 1 aromatic rings. The molecule has 1 amide bonds. The second kappa shape index (κ2) is 6.95. The Morgan fingerprint density at radius 1 is 1.44 bits per heavy atom. The molecular weight excluding hydrogens is 202 g/mol. The molecule has 0 saturated heterocycles. The molecule has 1 aromatic heterocycles. The van der Waals surface area contributed by atoms with Crippen LogP contribution in [0.15, 0.2) is 24.5 Å². The Hall–Kier alpha value is -1.42. The van der Waals surface area contributed by atoms with Gasteiger partial charge in [0.15, 0.2) is 0 Å². The Bertz CT molecular complexity index is 313. The number of carbonyl (C=O) groups is 1. The van der Waals surface area contributed by atoms with Gasteiger partial charge in [0.25, 0.3) is 0 Å². The zero-order valence-electron chi connectivity index (χ0n) is 9.65. The first-order valence-corrected chi connectivity index (χ1v) is 5.62. The molecule has 1 atom stereocenters. The van der Waals surface area contributed by atoms with Crippen LogP contribution in [0.25, 0.3) is 0 Å². The van der Waals surface area contributed by atoms with E-state index in [-0.39, 0.29) is 5.91 Å². The first-order chi connectivity index (χ1) is 7.70. The lowest BCUT2D eigenvalue weighted by Gasteiger charge is -2.13. The molecule has 88 valence electrons. The van der Waals surface area contributed by atoms with Crippen molar-refractivity contribution in [3.05, 3.63) is 30.1 Å². The van der Waals surface area contributed by atoms with E-state index in [1.807, 2.05) is 12.1 Å². The number of hydrogen-bond donors (Lipinski definition) is 2. The lowest BCUT2D eigenvalue weighted by atomic mass is 10.1. The molecule has 3 N–H and O–H groups in total. The molecule has 4 nitrogen and oxygen atoms in total. The zero-order valence-corrected chi connectivity index (χ0v) is 9.65. The van der Waals surface area contributed by atoms with Crippen LogP contribution in [0, 0.1) is 0 Å². The lowest BCUT2D eigenvalue weighted by molar-refractivity contribution is -0.118. The van der Waals surface area contributed by atoms with Crippen molar-refractivity contribution in [3.63, 3.8) is 0 Å². The summed E-state index contributed by atoms with van der Waals surface area (Å²) in [7, 11) is 0. The van der Waals surface area contributed by atoms with Crippen molar-refractivity contribution in [3.8, 4) is 0 Å². The van der Waals surface area contributed by atoms with E-state index >= 15 is 0 Å². The van der Waals surface area contributed by atoms with Crippen LogP contribution in [0.5, 0.6) is 0 Å². The second-order valence-electron chi connectivity index (χ2n) is 3.88. The quantitative estimate of drug-likeness (QED) is 0.684.